The summed E-state index contributed by atoms with van der Waals surface area (Å²) in [7, 11) is 1.59. The molecule has 6 nitrogen and oxygen atoms in total. The van der Waals surface area contributed by atoms with Crippen LogP contribution >= 0.6 is 0 Å². The van der Waals surface area contributed by atoms with Crippen LogP contribution in [0.15, 0.2) is 36.8 Å². The van der Waals surface area contributed by atoms with Crippen LogP contribution < -0.4 is 20.5 Å². The van der Waals surface area contributed by atoms with E-state index in [-0.39, 0.29) is 0 Å². The zero-order chi connectivity index (χ0) is 14.2. The molecule has 6 heteroatoms. The quantitative estimate of drug-likeness (QED) is 0.584. The zero-order valence-electron chi connectivity index (χ0n) is 11.4. The number of rotatable bonds is 7. The molecule has 0 radical (unpaired) electrons. The molecular formula is C14H18N4O2. The van der Waals surface area contributed by atoms with Crippen LogP contribution in [0.4, 0.5) is 5.69 Å². The average molecular weight is 274 g/mol. The molecule has 20 heavy (non-hydrogen) atoms. The number of nitrogens with one attached hydrogen (secondary N) is 1. The Kier molecular flexibility index (Phi) is 5.14. The minimum atomic E-state index is 0.548. The van der Waals surface area contributed by atoms with Crippen LogP contribution in [-0.4, -0.2) is 30.2 Å². The summed E-state index contributed by atoms with van der Waals surface area (Å²) >= 11 is 0. The Morgan fingerprint density at radius 2 is 2.20 bits per heavy atom. The molecule has 1 aromatic heterocycles. The van der Waals surface area contributed by atoms with E-state index in [4.69, 9.17) is 15.2 Å². The number of nitrogens with zero attached hydrogens (tertiary/aromatic N) is 2. The van der Waals surface area contributed by atoms with Crippen molar-refractivity contribution in [2.75, 3.05) is 26.0 Å². The van der Waals surface area contributed by atoms with Gasteiger partial charge in [-0.2, -0.15) is 0 Å². The number of hydrogen-bond donors (Lipinski definition) is 2. The molecule has 0 aliphatic carbocycles. The van der Waals surface area contributed by atoms with Crippen LogP contribution in [0.3, 0.4) is 0 Å². The maximum absolute atomic E-state index is 5.80. The Bertz CT molecular complexity index is 534. The van der Waals surface area contributed by atoms with E-state index in [1.54, 1.807) is 37.8 Å². The van der Waals surface area contributed by atoms with Gasteiger partial charge in [0.2, 0.25) is 0 Å². The highest BCUT2D eigenvalue weighted by atomic mass is 16.5. The Hall–Kier alpha value is -2.34. The molecule has 0 saturated carbocycles. The lowest BCUT2D eigenvalue weighted by atomic mass is 10.3. The Morgan fingerprint density at radius 3 is 2.90 bits per heavy atom. The Morgan fingerprint density at radius 1 is 1.30 bits per heavy atom. The fourth-order valence-electron chi connectivity index (χ4n) is 1.68. The summed E-state index contributed by atoms with van der Waals surface area (Å²) in [6, 6.07) is 5.37. The molecule has 0 fully saturated rings. The number of nitrogens with two attached hydrogens (primary N) is 1. The smallest absolute Gasteiger partial charge is 0.142 e. The molecule has 0 bridgehead atoms. The van der Waals surface area contributed by atoms with Crippen molar-refractivity contribution in [3.05, 3.63) is 42.5 Å². The predicted molar refractivity (Wildman–Crippen MR) is 76.6 cm³/mol. The van der Waals surface area contributed by atoms with Crippen molar-refractivity contribution < 1.29 is 9.47 Å². The third-order valence-electron chi connectivity index (χ3n) is 2.67. The molecule has 0 saturated heterocycles. The van der Waals surface area contributed by atoms with E-state index in [0.29, 0.717) is 31.1 Å². The fourth-order valence-corrected chi connectivity index (χ4v) is 1.68. The number of anilines is 1. The van der Waals surface area contributed by atoms with Crippen LogP contribution in [0.5, 0.6) is 11.5 Å². The van der Waals surface area contributed by atoms with E-state index < -0.39 is 0 Å². The van der Waals surface area contributed by atoms with Gasteiger partial charge in [-0.3, -0.25) is 9.97 Å². The monoisotopic (exact) mass is 274 g/mol. The first-order valence-corrected chi connectivity index (χ1v) is 6.31. The van der Waals surface area contributed by atoms with E-state index in [1.807, 2.05) is 6.07 Å². The molecule has 0 amide bonds. The summed E-state index contributed by atoms with van der Waals surface area (Å²) in [6.07, 6.45) is 5.06. The van der Waals surface area contributed by atoms with Gasteiger partial charge in [-0.05, 0) is 12.1 Å². The molecule has 3 N–H and O–H groups in total. The van der Waals surface area contributed by atoms with Gasteiger partial charge in [-0.1, -0.05) is 0 Å². The number of nitrogen functional groups attached to an aromatic ring is 1. The SMILES string of the molecule is COc1ccc(OCCNCc2cnccn2)cc1N. The fraction of sp³-hybridized carbons (Fsp3) is 0.286. The lowest BCUT2D eigenvalue weighted by Gasteiger charge is -2.09. The van der Waals surface area contributed by atoms with Crippen LogP contribution in [-0.2, 0) is 6.54 Å². The highest BCUT2D eigenvalue weighted by Crippen LogP contribution is 2.25. The van der Waals surface area contributed by atoms with Gasteiger partial charge in [-0.25, -0.2) is 0 Å². The molecule has 1 aromatic carbocycles. The van der Waals surface area contributed by atoms with E-state index in [2.05, 4.69) is 15.3 Å². The lowest BCUT2D eigenvalue weighted by molar-refractivity contribution is 0.313. The van der Waals surface area contributed by atoms with E-state index in [0.717, 1.165) is 11.4 Å². The molecule has 0 unspecified atom stereocenters. The van der Waals surface area contributed by atoms with Gasteiger partial charge in [0, 0.05) is 37.7 Å². The molecule has 0 spiro atoms. The van der Waals surface area contributed by atoms with Gasteiger partial charge < -0.3 is 20.5 Å². The van der Waals surface area contributed by atoms with Crippen LogP contribution in [0, 0.1) is 0 Å². The number of hydrogen-bond acceptors (Lipinski definition) is 6. The van der Waals surface area contributed by atoms with Gasteiger partial charge in [0.1, 0.15) is 18.1 Å². The average Bonchev–Trinajstić information content (AvgIpc) is 2.48. The number of methoxy groups -OCH3 is 1. The third kappa shape index (κ3) is 4.10. The summed E-state index contributed by atoms with van der Waals surface area (Å²) < 4.78 is 10.7. The molecular weight excluding hydrogens is 256 g/mol. The first kappa shape index (κ1) is 14.1. The first-order valence-electron chi connectivity index (χ1n) is 6.31. The summed E-state index contributed by atoms with van der Waals surface area (Å²) in [6.45, 7) is 1.93. The topological polar surface area (TPSA) is 82.3 Å². The normalized spacial score (nSPS) is 10.2. The van der Waals surface area contributed by atoms with Crippen molar-refractivity contribution in [1.29, 1.82) is 0 Å². The third-order valence-corrected chi connectivity index (χ3v) is 2.67. The molecule has 2 rings (SSSR count). The number of aromatic nitrogens is 2. The molecule has 2 aromatic rings. The van der Waals surface area contributed by atoms with Gasteiger partial charge >= 0.3 is 0 Å². The number of ether oxygens (including phenoxy) is 2. The molecule has 0 atom stereocenters. The minimum absolute atomic E-state index is 0.548. The van der Waals surface area contributed by atoms with Crippen LogP contribution in [0.2, 0.25) is 0 Å². The maximum atomic E-state index is 5.80. The van der Waals surface area contributed by atoms with Gasteiger partial charge in [0.15, 0.2) is 0 Å². The summed E-state index contributed by atoms with van der Waals surface area (Å²) in [5.41, 5.74) is 7.27. The predicted octanol–water partition coefficient (Wildman–Crippen LogP) is 1.24. The van der Waals surface area contributed by atoms with Crippen molar-refractivity contribution >= 4 is 5.69 Å². The second-order valence-electron chi connectivity index (χ2n) is 4.13. The van der Waals surface area contributed by atoms with E-state index in [9.17, 15) is 0 Å². The second-order valence-corrected chi connectivity index (χ2v) is 4.13. The van der Waals surface area contributed by atoms with Crippen molar-refractivity contribution in [2.45, 2.75) is 6.54 Å². The first-order chi connectivity index (χ1) is 9.79. The van der Waals surface area contributed by atoms with Gasteiger partial charge in [0.05, 0.1) is 18.5 Å². The Labute approximate surface area is 118 Å². The van der Waals surface area contributed by atoms with Crippen LogP contribution in [0.25, 0.3) is 0 Å². The largest absolute Gasteiger partial charge is 0.495 e. The molecule has 1 heterocycles. The van der Waals surface area contributed by atoms with E-state index in [1.165, 1.54) is 0 Å². The summed E-state index contributed by atoms with van der Waals surface area (Å²) in [5.74, 6) is 1.38. The highest BCUT2D eigenvalue weighted by molar-refractivity contribution is 5.56. The Balaban J connectivity index is 1.69. The van der Waals surface area contributed by atoms with Gasteiger partial charge in [0.25, 0.3) is 0 Å². The van der Waals surface area contributed by atoms with Crippen molar-refractivity contribution in [2.24, 2.45) is 0 Å². The second kappa shape index (κ2) is 7.30. The molecule has 0 aliphatic rings. The highest BCUT2D eigenvalue weighted by Gasteiger charge is 2.01. The van der Waals surface area contributed by atoms with Crippen molar-refractivity contribution in [1.82, 2.24) is 15.3 Å². The molecule has 0 aliphatic heterocycles. The standard InChI is InChI=1S/C14H18N4O2/c1-19-14-3-2-12(8-13(14)15)20-7-6-17-10-11-9-16-4-5-18-11/h2-5,8-9,17H,6-7,10,15H2,1H3. The summed E-state index contributed by atoms with van der Waals surface area (Å²) in [5, 5.41) is 3.23. The lowest BCUT2D eigenvalue weighted by Crippen LogP contribution is -2.21. The van der Waals surface area contributed by atoms with E-state index >= 15 is 0 Å². The summed E-state index contributed by atoms with van der Waals surface area (Å²) in [4.78, 5) is 8.17. The number of benzene rings is 1. The van der Waals surface area contributed by atoms with Crippen molar-refractivity contribution in [3.8, 4) is 11.5 Å². The maximum Gasteiger partial charge on any atom is 0.142 e. The zero-order valence-corrected chi connectivity index (χ0v) is 11.4. The van der Waals surface area contributed by atoms with Crippen molar-refractivity contribution in [3.63, 3.8) is 0 Å². The van der Waals surface area contributed by atoms with Gasteiger partial charge in [-0.15, -0.1) is 0 Å². The molecule has 106 valence electrons. The minimum Gasteiger partial charge on any atom is -0.495 e. The van der Waals surface area contributed by atoms with Crippen LogP contribution in [0.1, 0.15) is 5.69 Å².